The second-order valence-electron chi connectivity index (χ2n) is 4.25. The van der Waals surface area contributed by atoms with Crippen LogP contribution in [0.15, 0.2) is 24.8 Å². The molecule has 0 aromatic carbocycles. The predicted molar refractivity (Wildman–Crippen MR) is 71.0 cm³/mol. The van der Waals surface area contributed by atoms with Gasteiger partial charge in [0.15, 0.2) is 0 Å². The van der Waals surface area contributed by atoms with Gasteiger partial charge in [-0.15, -0.1) is 0 Å². The number of hydrogen-bond donors (Lipinski definition) is 1. The van der Waals surface area contributed by atoms with Gasteiger partial charge in [-0.05, 0) is 13.0 Å². The SMILES string of the molecule is Cc1ccnc(NCCc2cncn2C)c1[N+](=O)[O-]. The maximum atomic E-state index is 11.0. The van der Waals surface area contributed by atoms with Gasteiger partial charge >= 0.3 is 5.69 Å². The zero-order chi connectivity index (χ0) is 13.8. The average molecular weight is 261 g/mol. The van der Waals surface area contributed by atoms with E-state index in [0.29, 0.717) is 17.9 Å². The molecule has 0 atom stereocenters. The molecule has 0 amide bonds. The Balaban J connectivity index is 2.06. The summed E-state index contributed by atoms with van der Waals surface area (Å²) in [4.78, 5) is 18.6. The van der Waals surface area contributed by atoms with E-state index in [0.717, 1.165) is 12.1 Å². The summed E-state index contributed by atoms with van der Waals surface area (Å²) in [7, 11) is 1.91. The van der Waals surface area contributed by atoms with E-state index in [1.807, 2.05) is 11.6 Å². The second kappa shape index (κ2) is 5.47. The van der Waals surface area contributed by atoms with Crippen molar-refractivity contribution >= 4 is 11.5 Å². The molecule has 2 heterocycles. The molecule has 7 nitrogen and oxygen atoms in total. The van der Waals surface area contributed by atoms with Crippen LogP contribution in [0, 0.1) is 17.0 Å². The summed E-state index contributed by atoms with van der Waals surface area (Å²) in [5, 5.41) is 14.0. The fourth-order valence-corrected chi connectivity index (χ4v) is 1.84. The number of pyridine rings is 1. The highest BCUT2D eigenvalue weighted by Crippen LogP contribution is 2.25. The first-order valence-corrected chi connectivity index (χ1v) is 5.88. The zero-order valence-electron chi connectivity index (χ0n) is 10.8. The van der Waals surface area contributed by atoms with E-state index >= 15 is 0 Å². The smallest absolute Gasteiger partial charge is 0.314 e. The number of nitrogens with one attached hydrogen (secondary N) is 1. The van der Waals surface area contributed by atoms with Crippen molar-refractivity contribution in [2.45, 2.75) is 13.3 Å². The molecular weight excluding hydrogens is 246 g/mol. The van der Waals surface area contributed by atoms with Crippen LogP contribution in [0.25, 0.3) is 0 Å². The van der Waals surface area contributed by atoms with Gasteiger partial charge < -0.3 is 9.88 Å². The summed E-state index contributed by atoms with van der Waals surface area (Å²) in [6, 6.07) is 1.63. The highest BCUT2D eigenvalue weighted by Gasteiger charge is 2.17. The zero-order valence-corrected chi connectivity index (χ0v) is 10.8. The molecule has 0 spiro atoms. The standard InChI is InChI=1S/C12H15N5O2/c1-9-3-5-14-12(11(9)17(18)19)15-6-4-10-7-13-8-16(10)2/h3,5,7-8H,4,6H2,1-2H3,(H,14,15). The highest BCUT2D eigenvalue weighted by molar-refractivity contribution is 5.59. The molecule has 0 aliphatic rings. The Labute approximate surface area is 110 Å². The summed E-state index contributed by atoms with van der Waals surface area (Å²) in [6.45, 7) is 2.27. The fraction of sp³-hybridized carbons (Fsp3) is 0.333. The number of nitro groups is 1. The molecule has 0 saturated carbocycles. The van der Waals surface area contributed by atoms with Crippen LogP contribution in [0.1, 0.15) is 11.3 Å². The molecule has 2 aromatic heterocycles. The van der Waals surface area contributed by atoms with Gasteiger partial charge in [0.2, 0.25) is 5.82 Å². The van der Waals surface area contributed by atoms with Crippen molar-refractivity contribution in [1.82, 2.24) is 14.5 Å². The van der Waals surface area contributed by atoms with Crippen LogP contribution in [-0.4, -0.2) is 26.0 Å². The first-order valence-electron chi connectivity index (χ1n) is 5.88. The van der Waals surface area contributed by atoms with Gasteiger partial charge in [0.1, 0.15) is 0 Å². The minimum Gasteiger partial charge on any atom is -0.364 e. The molecule has 0 aliphatic carbocycles. The van der Waals surface area contributed by atoms with Crippen LogP contribution in [0.4, 0.5) is 11.5 Å². The lowest BCUT2D eigenvalue weighted by atomic mass is 10.2. The van der Waals surface area contributed by atoms with E-state index in [2.05, 4.69) is 15.3 Å². The number of rotatable bonds is 5. The van der Waals surface area contributed by atoms with Crippen molar-refractivity contribution in [3.63, 3.8) is 0 Å². The molecule has 2 aromatic rings. The summed E-state index contributed by atoms with van der Waals surface area (Å²) in [5.74, 6) is 0.312. The number of anilines is 1. The third-order valence-corrected chi connectivity index (χ3v) is 2.90. The normalized spacial score (nSPS) is 10.4. The van der Waals surface area contributed by atoms with Crippen molar-refractivity contribution in [3.8, 4) is 0 Å². The largest absolute Gasteiger partial charge is 0.364 e. The van der Waals surface area contributed by atoms with Crippen LogP contribution in [-0.2, 0) is 13.5 Å². The van der Waals surface area contributed by atoms with Crippen molar-refractivity contribution in [2.24, 2.45) is 7.05 Å². The summed E-state index contributed by atoms with van der Waals surface area (Å²) in [6.07, 6.45) is 5.79. The molecule has 0 radical (unpaired) electrons. The van der Waals surface area contributed by atoms with Crippen LogP contribution in [0.5, 0.6) is 0 Å². The highest BCUT2D eigenvalue weighted by atomic mass is 16.6. The molecule has 19 heavy (non-hydrogen) atoms. The molecule has 0 fully saturated rings. The van der Waals surface area contributed by atoms with Gasteiger partial charge in [0, 0.05) is 43.7 Å². The van der Waals surface area contributed by atoms with Crippen molar-refractivity contribution < 1.29 is 4.92 Å². The van der Waals surface area contributed by atoms with Crippen LogP contribution in [0.2, 0.25) is 0 Å². The summed E-state index contributed by atoms with van der Waals surface area (Å²) >= 11 is 0. The molecule has 0 aliphatic heterocycles. The van der Waals surface area contributed by atoms with Gasteiger partial charge in [-0.2, -0.15) is 0 Å². The Morgan fingerprint density at radius 1 is 1.53 bits per heavy atom. The monoisotopic (exact) mass is 261 g/mol. The number of imidazole rings is 1. The molecule has 0 saturated heterocycles. The number of aryl methyl sites for hydroxylation is 2. The van der Waals surface area contributed by atoms with Gasteiger partial charge in [-0.25, -0.2) is 9.97 Å². The van der Waals surface area contributed by atoms with E-state index in [1.165, 1.54) is 0 Å². The maximum absolute atomic E-state index is 11.0. The number of hydrogen-bond acceptors (Lipinski definition) is 5. The predicted octanol–water partition coefficient (Wildman–Crippen LogP) is 1.69. The Kier molecular flexibility index (Phi) is 3.74. The van der Waals surface area contributed by atoms with E-state index in [9.17, 15) is 10.1 Å². The van der Waals surface area contributed by atoms with Crippen LogP contribution in [0.3, 0.4) is 0 Å². The molecule has 7 heteroatoms. The topological polar surface area (TPSA) is 85.9 Å². The lowest BCUT2D eigenvalue weighted by molar-refractivity contribution is -0.384. The van der Waals surface area contributed by atoms with Crippen molar-refractivity contribution in [1.29, 1.82) is 0 Å². The van der Waals surface area contributed by atoms with Gasteiger partial charge in [-0.3, -0.25) is 10.1 Å². The van der Waals surface area contributed by atoms with E-state index in [-0.39, 0.29) is 5.69 Å². The van der Waals surface area contributed by atoms with E-state index in [1.54, 1.807) is 31.7 Å². The number of nitrogens with zero attached hydrogens (tertiary/aromatic N) is 4. The molecule has 100 valence electrons. The Bertz CT molecular complexity index is 594. The second-order valence-corrected chi connectivity index (χ2v) is 4.25. The van der Waals surface area contributed by atoms with Gasteiger partial charge in [-0.1, -0.05) is 0 Å². The van der Waals surface area contributed by atoms with E-state index < -0.39 is 4.92 Å². The average Bonchev–Trinajstić information content (AvgIpc) is 2.75. The molecule has 0 unspecified atom stereocenters. The lowest BCUT2D eigenvalue weighted by Crippen LogP contribution is -2.10. The van der Waals surface area contributed by atoms with Gasteiger partial charge in [0.25, 0.3) is 0 Å². The van der Waals surface area contributed by atoms with Crippen LogP contribution < -0.4 is 5.32 Å². The Morgan fingerprint density at radius 3 is 2.95 bits per heavy atom. The lowest BCUT2D eigenvalue weighted by Gasteiger charge is -2.07. The number of aromatic nitrogens is 3. The molecule has 0 bridgehead atoms. The fourth-order valence-electron chi connectivity index (χ4n) is 1.84. The Hall–Kier alpha value is -2.44. The molecular formula is C12H15N5O2. The Morgan fingerprint density at radius 2 is 2.32 bits per heavy atom. The first-order chi connectivity index (χ1) is 9.09. The van der Waals surface area contributed by atoms with E-state index in [4.69, 9.17) is 0 Å². The summed E-state index contributed by atoms with van der Waals surface area (Å²) < 4.78 is 1.92. The quantitative estimate of drug-likeness (QED) is 0.653. The van der Waals surface area contributed by atoms with Crippen LogP contribution >= 0.6 is 0 Å². The minimum atomic E-state index is -0.408. The molecule has 1 N–H and O–H groups in total. The van der Waals surface area contributed by atoms with Gasteiger partial charge in [0.05, 0.1) is 11.3 Å². The van der Waals surface area contributed by atoms with Crippen molar-refractivity contribution in [3.05, 3.63) is 46.2 Å². The minimum absolute atomic E-state index is 0.0347. The third kappa shape index (κ3) is 2.87. The summed E-state index contributed by atoms with van der Waals surface area (Å²) in [5.41, 5.74) is 1.69. The van der Waals surface area contributed by atoms with Crippen molar-refractivity contribution in [2.75, 3.05) is 11.9 Å². The maximum Gasteiger partial charge on any atom is 0.314 e. The first kappa shape index (κ1) is 13.0. The molecule has 2 rings (SSSR count). The third-order valence-electron chi connectivity index (χ3n) is 2.90.